The number of aromatic nitrogens is 1. The lowest BCUT2D eigenvalue weighted by Gasteiger charge is -2.13. The molecule has 0 aliphatic rings. The second-order valence-corrected chi connectivity index (χ2v) is 4.29. The molecule has 100 valence electrons. The zero-order valence-corrected chi connectivity index (χ0v) is 10.6. The molecule has 1 unspecified atom stereocenters. The molecule has 0 saturated heterocycles. The van der Waals surface area contributed by atoms with E-state index in [2.05, 4.69) is 5.16 Å². The van der Waals surface area contributed by atoms with Crippen LogP contribution in [0.2, 0.25) is 0 Å². The molecular weight excluding hydrogens is 246 g/mol. The highest BCUT2D eigenvalue weighted by Crippen LogP contribution is 2.23. The largest absolute Gasteiger partial charge is 0.496 e. The maximum Gasteiger partial charge on any atom is 0.307 e. The molecule has 0 fully saturated rings. The number of para-hydroxylation sites is 1. The minimum Gasteiger partial charge on any atom is -0.496 e. The molecule has 0 bridgehead atoms. The van der Waals surface area contributed by atoms with E-state index in [9.17, 15) is 9.90 Å². The number of carbonyl (C=O) groups is 1. The molecular formula is C14H15NO4. The van der Waals surface area contributed by atoms with E-state index in [4.69, 9.17) is 9.26 Å². The standard InChI is InChI=1S/C14H15NO4/c1-18-13-5-3-2-4-11(13)7-12(14(16)17)6-10-8-15-19-9-10/h2-5,8-9,12H,6-7H2,1H3,(H,16,17). The molecule has 1 aromatic heterocycles. The van der Waals surface area contributed by atoms with Crippen LogP contribution in [-0.2, 0) is 17.6 Å². The summed E-state index contributed by atoms with van der Waals surface area (Å²) >= 11 is 0. The molecule has 0 saturated carbocycles. The molecule has 5 nitrogen and oxygen atoms in total. The van der Waals surface area contributed by atoms with Crippen molar-refractivity contribution >= 4 is 5.97 Å². The van der Waals surface area contributed by atoms with Crippen molar-refractivity contribution in [2.45, 2.75) is 12.8 Å². The number of carboxylic acids is 1. The summed E-state index contributed by atoms with van der Waals surface area (Å²) in [5, 5.41) is 12.9. The van der Waals surface area contributed by atoms with Gasteiger partial charge in [0.15, 0.2) is 0 Å². The summed E-state index contributed by atoms with van der Waals surface area (Å²) in [6.07, 6.45) is 3.80. The lowest BCUT2D eigenvalue weighted by atomic mass is 9.93. The van der Waals surface area contributed by atoms with Crippen LogP contribution in [0, 0.1) is 5.92 Å². The van der Waals surface area contributed by atoms with Gasteiger partial charge < -0.3 is 14.4 Å². The van der Waals surface area contributed by atoms with Crippen molar-refractivity contribution in [2.24, 2.45) is 5.92 Å². The quantitative estimate of drug-likeness (QED) is 0.862. The van der Waals surface area contributed by atoms with Gasteiger partial charge in [0, 0.05) is 5.56 Å². The molecule has 0 aliphatic carbocycles. The number of hydrogen-bond donors (Lipinski definition) is 1. The van der Waals surface area contributed by atoms with Crippen LogP contribution in [0.4, 0.5) is 0 Å². The van der Waals surface area contributed by atoms with Gasteiger partial charge in [-0.3, -0.25) is 4.79 Å². The minimum atomic E-state index is -0.841. The second-order valence-electron chi connectivity index (χ2n) is 4.29. The van der Waals surface area contributed by atoms with Crippen LogP contribution in [-0.4, -0.2) is 23.3 Å². The molecule has 1 heterocycles. The Bertz CT molecular complexity index is 536. The maximum absolute atomic E-state index is 11.3. The summed E-state index contributed by atoms with van der Waals surface area (Å²) in [4.78, 5) is 11.3. The van der Waals surface area contributed by atoms with E-state index in [0.717, 1.165) is 11.1 Å². The molecule has 0 aliphatic heterocycles. The second kappa shape index (κ2) is 6.04. The van der Waals surface area contributed by atoms with Gasteiger partial charge in [0.25, 0.3) is 0 Å². The predicted molar refractivity (Wildman–Crippen MR) is 68.0 cm³/mol. The van der Waals surface area contributed by atoms with Crippen molar-refractivity contribution in [3.05, 3.63) is 47.9 Å². The summed E-state index contributed by atoms with van der Waals surface area (Å²) in [6.45, 7) is 0. The van der Waals surface area contributed by atoms with Crippen LogP contribution in [0.3, 0.4) is 0 Å². The summed E-state index contributed by atoms with van der Waals surface area (Å²) in [6, 6.07) is 7.43. The van der Waals surface area contributed by atoms with E-state index in [1.165, 1.54) is 12.5 Å². The fourth-order valence-corrected chi connectivity index (χ4v) is 2.00. The number of aliphatic carboxylic acids is 1. The van der Waals surface area contributed by atoms with Crippen LogP contribution in [0.1, 0.15) is 11.1 Å². The van der Waals surface area contributed by atoms with Crippen molar-refractivity contribution < 1.29 is 19.2 Å². The van der Waals surface area contributed by atoms with E-state index < -0.39 is 11.9 Å². The predicted octanol–water partition coefficient (Wildman–Crippen LogP) is 2.17. The van der Waals surface area contributed by atoms with E-state index >= 15 is 0 Å². The zero-order valence-electron chi connectivity index (χ0n) is 10.6. The van der Waals surface area contributed by atoms with E-state index in [1.54, 1.807) is 7.11 Å². The number of nitrogens with zero attached hydrogens (tertiary/aromatic N) is 1. The summed E-state index contributed by atoms with van der Waals surface area (Å²) in [5.41, 5.74) is 1.66. The van der Waals surface area contributed by atoms with Gasteiger partial charge in [-0.25, -0.2) is 0 Å². The van der Waals surface area contributed by atoms with Crippen LogP contribution in [0.15, 0.2) is 41.2 Å². The molecule has 1 aromatic carbocycles. The summed E-state index contributed by atoms with van der Waals surface area (Å²) in [5.74, 6) is -0.665. The first kappa shape index (κ1) is 13.1. The highest BCUT2D eigenvalue weighted by atomic mass is 16.5. The van der Waals surface area contributed by atoms with Crippen LogP contribution in [0.25, 0.3) is 0 Å². The zero-order chi connectivity index (χ0) is 13.7. The van der Waals surface area contributed by atoms with Gasteiger partial charge in [0.2, 0.25) is 0 Å². The number of carboxylic acid groups (broad SMARTS) is 1. The van der Waals surface area contributed by atoms with Crippen molar-refractivity contribution in [2.75, 3.05) is 7.11 Å². The number of benzene rings is 1. The van der Waals surface area contributed by atoms with E-state index in [0.29, 0.717) is 18.6 Å². The van der Waals surface area contributed by atoms with Crippen molar-refractivity contribution in [3.63, 3.8) is 0 Å². The Morgan fingerprint density at radius 2 is 2.21 bits per heavy atom. The fourth-order valence-electron chi connectivity index (χ4n) is 2.00. The Hall–Kier alpha value is -2.30. The molecule has 5 heteroatoms. The van der Waals surface area contributed by atoms with E-state index in [-0.39, 0.29) is 0 Å². The Labute approximate surface area is 110 Å². The molecule has 0 spiro atoms. The van der Waals surface area contributed by atoms with Gasteiger partial charge in [0.05, 0.1) is 19.2 Å². The molecule has 0 amide bonds. The minimum absolute atomic E-state index is 0.386. The monoisotopic (exact) mass is 261 g/mol. The Morgan fingerprint density at radius 3 is 2.84 bits per heavy atom. The first-order valence-corrected chi connectivity index (χ1v) is 5.93. The normalized spacial score (nSPS) is 12.1. The van der Waals surface area contributed by atoms with Crippen molar-refractivity contribution in [3.8, 4) is 5.75 Å². The third-order valence-electron chi connectivity index (χ3n) is 2.97. The average Bonchev–Trinajstić information content (AvgIpc) is 2.91. The van der Waals surface area contributed by atoms with Gasteiger partial charge in [-0.05, 0) is 24.5 Å². The van der Waals surface area contributed by atoms with Gasteiger partial charge in [-0.15, -0.1) is 0 Å². The molecule has 19 heavy (non-hydrogen) atoms. The van der Waals surface area contributed by atoms with Crippen molar-refractivity contribution in [1.29, 1.82) is 0 Å². The van der Waals surface area contributed by atoms with Crippen LogP contribution in [0.5, 0.6) is 5.75 Å². The Balaban J connectivity index is 2.14. The first-order chi connectivity index (χ1) is 9.20. The third kappa shape index (κ3) is 3.34. The van der Waals surface area contributed by atoms with Gasteiger partial charge in [-0.2, -0.15) is 0 Å². The Kier molecular flexibility index (Phi) is 4.18. The highest BCUT2D eigenvalue weighted by molar-refractivity contribution is 5.71. The molecule has 2 rings (SSSR count). The molecule has 0 radical (unpaired) electrons. The fraction of sp³-hybridized carbons (Fsp3) is 0.286. The highest BCUT2D eigenvalue weighted by Gasteiger charge is 2.21. The lowest BCUT2D eigenvalue weighted by Crippen LogP contribution is -2.19. The van der Waals surface area contributed by atoms with Crippen LogP contribution >= 0.6 is 0 Å². The lowest BCUT2D eigenvalue weighted by molar-refractivity contribution is -0.141. The number of hydrogen-bond acceptors (Lipinski definition) is 4. The average molecular weight is 261 g/mol. The molecule has 2 aromatic rings. The topological polar surface area (TPSA) is 72.6 Å². The van der Waals surface area contributed by atoms with Crippen LogP contribution < -0.4 is 4.74 Å². The van der Waals surface area contributed by atoms with Gasteiger partial charge >= 0.3 is 5.97 Å². The summed E-state index contributed by atoms with van der Waals surface area (Å²) in [7, 11) is 1.58. The Morgan fingerprint density at radius 1 is 1.42 bits per heavy atom. The third-order valence-corrected chi connectivity index (χ3v) is 2.97. The number of ether oxygens (including phenoxy) is 1. The van der Waals surface area contributed by atoms with Gasteiger partial charge in [-0.1, -0.05) is 23.4 Å². The first-order valence-electron chi connectivity index (χ1n) is 5.93. The molecule has 1 N–H and O–H groups in total. The number of rotatable bonds is 6. The SMILES string of the molecule is COc1ccccc1CC(Cc1cnoc1)C(=O)O. The van der Waals surface area contributed by atoms with Crippen molar-refractivity contribution in [1.82, 2.24) is 5.16 Å². The number of methoxy groups -OCH3 is 1. The van der Waals surface area contributed by atoms with Gasteiger partial charge in [0.1, 0.15) is 12.0 Å². The van der Waals surface area contributed by atoms with E-state index in [1.807, 2.05) is 24.3 Å². The summed E-state index contributed by atoms with van der Waals surface area (Å²) < 4.78 is 9.96. The maximum atomic E-state index is 11.3. The molecule has 1 atom stereocenters. The smallest absolute Gasteiger partial charge is 0.307 e.